The van der Waals surface area contributed by atoms with E-state index < -0.39 is 0 Å². The van der Waals surface area contributed by atoms with Crippen molar-refractivity contribution in [2.24, 2.45) is 10.9 Å². The first kappa shape index (κ1) is 42.2. The van der Waals surface area contributed by atoms with E-state index >= 15 is 0 Å². The summed E-state index contributed by atoms with van der Waals surface area (Å²) < 4.78 is 5.78. The van der Waals surface area contributed by atoms with Crippen molar-refractivity contribution in [3.63, 3.8) is 0 Å². The molecule has 0 aliphatic heterocycles. The SMILES string of the molecule is CCCCCCCCN(CCCCCCCOC(=O)C(CCCCCC)CCCCCCC)CCCN=C(NC#N)N(C)C. The Morgan fingerprint density at radius 2 is 1.14 bits per heavy atom. The number of nitriles is 1. The van der Waals surface area contributed by atoms with Crippen molar-refractivity contribution in [3.8, 4) is 6.19 Å². The Hall–Kier alpha value is -1.81. The Morgan fingerprint density at radius 3 is 1.66 bits per heavy atom. The molecule has 0 aromatic heterocycles. The van der Waals surface area contributed by atoms with Crippen molar-refractivity contribution in [2.45, 2.75) is 168 Å². The van der Waals surface area contributed by atoms with Crippen molar-refractivity contribution in [3.05, 3.63) is 0 Å². The predicted molar refractivity (Wildman–Crippen MR) is 189 cm³/mol. The van der Waals surface area contributed by atoms with Crippen molar-refractivity contribution in [2.75, 3.05) is 46.9 Å². The van der Waals surface area contributed by atoms with E-state index in [2.05, 4.69) is 36.0 Å². The van der Waals surface area contributed by atoms with Crippen LogP contribution in [-0.4, -0.2) is 68.6 Å². The Morgan fingerprint density at radius 1 is 0.682 bits per heavy atom. The van der Waals surface area contributed by atoms with Crippen LogP contribution in [0.25, 0.3) is 0 Å². The Balaban J connectivity index is 4.38. The number of esters is 1. The zero-order chi connectivity index (χ0) is 32.5. The fraction of sp³-hybridized carbons (Fsp3) is 0.919. The second kappa shape index (κ2) is 32.6. The number of rotatable bonds is 31. The third-order valence-electron chi connectivity index (χ3n) is 8.57. The summed E-state index contributed by atoms with van der Waals surface area (Å²) >= 11 is 0. The predicted octanol–water partition coefficient (Wildman–Crippen LogP) is 9.47. The smallest absolute Gasteiger partial charge is 0.308 e. The van der Waals surface area contributed by atoms with Crippen molar-refractivity contribution < 1.29 is 9.53 Å². The van der Waals surface area contributed by atoms with Gasteiger partial charge in [-0.1, -0.05) is 130 Å². The maximum atomic E-state index is 12.9. The van der Waals surface area contributed by atoms with E-state index in [-0.39, 0.29) is 11.9 Å². The molecule has 7 nitrogen and oxygen atoms in total. The Bertz CT molecular complexity index is 706. The van der Waals surface area contributed by atoms with Crippen LogP contribution in [0.1, 0.15) is 168 Å². The standard InChI is InChI=1S/C37H73N5O2/c1-6-9-12-15-18-23-30-42(32-26-29-39-37(40-34-38)41(4)5)31-24-19-16-20-25-33-44-36(43)35(27-21-14-11-8-3)28-22-17-13-10-7-2/h35H,6-33H2,1-5H3,(H,39,40). The molecule has 1 N–H and O–H groups in total. The minimum Gasteiger partial charge on any atom is -0.465 e. The van der Waals surface area contributed by atoms with Gasteiger partial charge in [0.25, 0.3) is 0 Å². The monoisotopic (exact) mass is 620 g/mol. The van der Waals surface area contributed by atoms with Gasteiger partial charge in [0.2, 0.25) is 5.96 Å². The third kappa shape index (κ3) is 26.6. The number of carbonyl (C=O) groups excluding carboxylic acids is 1. The number of hydrogen-bond acceptors (Lipinski definition) is 5. The largest absolute Gasteiger partial charge is 0.465 e. The van der Waals surface area contributed by atoms with Gasteiger partial charge in [0.1, 0.15) is 0 Å². The summed E-state index contributed by atoms with van der Waals surface area (Å²) in [6.07, 6.45) is 29.9. The van der Waals surface area contributed by atoms with Gasteiger partial charge in [0.05, 0.1) is 12.5 Å². The van der Waals surface area contributed by atoms with Gasteiger partial charge in [-0.15, -0.1) is 0 Å². The molecule has 0 bridgehead atoms. The first-order valence-electron chi connectivity index (χ1n) is 18.8. The van der Waals surface area contributed by atoms with E-state index in [0.717, 1.165) is 64.6 Å². The van der Waals surface area contributed by atoms with Crippen LogP contribution in [0.4, 0.5) is 0 Å². The van der Waals surface area contributed by atoms with Gasteiger partial charge in [-0.3, -0.25) is 15.1 Å². The molecule has 44 heavy (non-hydrogen) atoms. The molecule has 0 radical (unpaired) electrons. The van der Waals surface area contributed by atoms with Crippen LogP contribution in [0, 0.1) is 17.4 Å². The van der Waals surface area contributed by atoms with Crippen LogP contribution in [-0.2, 0) is 9.53 Å². The number of carbonyl (C=O) groups is 1. The first-order valence-corrected chi connectivity index (χ1v) is 18.8. The van der Waals surface area contributed by atoms with E-state index in [1.165, 1.54) is 109 Å². The topological polar surface area (TPSA) is 81.0 Å². The fourth-order valence-corrected chi connectivity index (χ4v) is 5.72. The summed E-state index contributed by atoms with van der Waals surface area (Å²) in [4.78, 5) is 21.9. The highest BCUT2D eigenvalue weighted by Gasteiger charge is 2.19. The first-order chi connectivity index (χ1) is 21.5. The van der Waals surface area contributed by atoms with Gasteiger partial charge in [-0.25, -0.2) is 0 Å². The highest BCUT2D eigenvalue weighted by atomic mass is 16.5. The normalized spacial score (nSPS) is 12.3. The highest BCUT2D eigenvalue weighted by Crippen LogP contribution is 2.20. The van der Waals surface area contributed by atoms with E-state index in [9.17, 15) is 4.79 Å². The number of nitrogens with zero attached hydrogens (tertiary/aromatic N) is 4. The number of aliphatic imine (C=N–C) groups is 1. The van der Waals surface area contributed by atoms with Crippen molar-refractivity contribution >= 4 is 11.9 Å². The van der Waals surface area contributed by atoms with Crippen LogP contribution >= 0.6 is 0 Å². The van der Waals surface area contributed by atoms with Gasteiger partial charge < -0.3 is 14.5 Å². The van der Waals surface area contributed by atoms with Gasteiger partial charge in [0, 0.05) is 20.6 Å². The zero-order valence-corrected chi connectivity index (χ0v) is 30.0. The lowest BCUT2D eigenvalue weighted by Crippen LogP contribution is -2.34. The van der Waals surface area contributed by atoms with Crippen LogP contribution in [0.5, 0.6) is 0 Å². The molecule has 7 heteroatoms. The zero-order valence-electron chi connectivity index (χ0n) is 30.0. The van der Waals surface area contributed by atoms with Crippen LogP contribution in [0.2, 0.25) is 0 Å². The summed E-state index contributed by atoms with van der Waals surface area (Å²) in [7, 11) is 3.81. The molecule has 0 fully saturated rings. The van der Waals surface area contributed by atoms with Crippen LogP contribution in [0.3, 0.4) is 0 Å². The van der Waals surface area contributed by atoms with Crippen LogP contribution in [0.15, 0.2) is 4.99 Å². The van der Waals surface area contributed by atoms with E-state index in [1.807, 2.05) is 25.2 Å². The molecule has 0 saturated carbocycles. The lowest BCUT2D eigenvalue weighted by Gasteiger charge is -2.22. The van der Waals surface area contributed by atoms with Crippen molar-refractivity contribution in [1.29, 1.82) is 5.26 Å². The number of hydrogen-bond donors (Lipinski definition) is 1. The fourth-order valence-electron chi connectivity index (χ4n) is 5.72. The van der Waals surface area contributed by atoms with E-state index in [0.29, 0.717) is 12.6 Å². The molecule has 0 aliphatic rings. The summed E-state index contributed by atoms with van der Waals surface area (Å²) in [5.41, 5.74) is 0. The summed E-state index contributed by atoms with van der Waals surface area (Å²) in [6.45, 7) is 11.4. The molecular formula is C37H73N5O2. The second-order valence-corrected chi connectivity index (χ2v) is 13.0. The molecule has 0 rings (SSSR count). The quantitative estimate of drug-likeness (QED) is 0.0208. The summed E-state index contributed by atoms with van der Waals surface area (Å²) in [5.74, 6) is 0.798. The number of guanidine groups is 1. The molecule has 0 aromatic carbocycles. The number of ether oxygens (including phenoxy) is 1. The van der Waals surface area contributed by atoms with E-state index in [4.69, 9.17) is 10.00 Å². The van der Waals surface area contributed by atoms with Gasteiger partial charge >= 0.3 is 5.97 Å². The molecule has 0 aliphatic carbocycles. The molecule has 0 heterocycles. The van der Waals surface area contributed by atoms with Crippen molar-refractivity contribution in [1.82, 2.24) is 15.1 Å². The molecule has 258 valence electrons. The number of unbranched alkanes of at least 4 members (excludes halogenated alkanes) is 16. The molecule has 1 unspecified atom stereocenters. The summed E-state index contributed by atoms with van der Waals surface area (Å²) in [6, 6.07) is 0. The highest BCUT2D eigenvalue weighted by molar-refractivity contribution is 5.80. The molecule has 1 atom stereocenters. The number of nitrogens with one attached hydrogen (secondary N) is 1. The summed E-state index contributed by atoms with van der Waals surface area (Å²) in [5, 5.41) is 11.6. The van der Waals surface area contributed by atoms with E-state index in [1.54, 1.807) is 0 Å². The molecule has 0 amide bonds. The van der Waals surface area contributed by atoms with Crippen LogP contribution < -0.4 is 5.32 Å². The Labute approximate surface area is 274 Å². The maximum Gasteiger partial charge on any atom is 0.308 e. The minimum atomic E-state index is 0.0627. The maximum absolute atomic E-state index is 12.9. The molecule has 0 aromatic rings. The van der Waals surface area contributed by atoms with Gasteiger partial charge in [-0.05, 0) is 58.2 Å². The lowest BCUT2D eigenvalue weighted by atomic mass is 9.94. The molecule has 0 saturated heterocycles. The minimum absolute atomic E-state index is 0.0627. The lowest BCUT2D eigenvalue weighted by molar-refractivity contribution is -0.149. The molecular weight excluding hydrogens is 546 g/mol. The third-order valence-corrected chi connectivity index (χ3v) is 8.57. The average Bonchev–Trinajstić information content (AvgIpc) is 3.01. The average molecular weight is 620 g/mol. The van der Waals surface area contributed by atoms with Gasteiger partial charge in [0.15, 0.2) is 6.19 Å². The molecule has 0 spiro atoms. The second-order valence-electron chi connectivity index (χ2n) is 13.0. The van der Waals surface area contributed by atoms with Gasteiger partial charge in [-0.2, -0.15) is 5.26 Å². The Kier molecular flexibility index (Phi) is 31.2.